The number of allylic oxidation sites excluding steroid dienone is 1. The number of carbonyl (C=O) groups is 1. The van der Waals surface area contributed by atoms with Crippen LogP contribution in [0.2, 0.25) is 0 Å². The molecule has 0 aromatic rings. The summed E-state index contributed by atoms with van der Waals surface area (Å²) < 4.78 is 42.1. The van der Waals surface area contributed by atoms with E-state index in [1.165, 1.54) is 44.6 Å². The van der Waals surface area contributed by atoms with Crippen LogP contribution < -0.4 is 29.6 Å². The summed E-state index contributed by atoms with van der Waals surface area (Å²) in [5, 5.41) is 0. The van der Waals surface area contributed by atoms with Gasteiger partial charge in [0.05, 0.1) is 12.7 Å². The molecule has 0 amide bonds. The zero-order valence-electron chi connectivity index (χ0n) is 17.3. The summed E-state index contributed by atoms with van der Waals surface area (Å²) in [5.74, 6) is -0.430. The number of rotatable bonds is 17. The third-order valence-electron chi connectivity index (χ3n) is 4.10. The van der Waals surface area contributed by atoms with Gasteiger partial charge in [-0.05, 0) is 26.2 Å². The predicted octanol–water partition coefficient (Wildman–Crippen LogP) is 1.66. The first-order valence-electron chi connectivity index (χ1n) is 9.82. The molecule has 0 aliphatic rings. The summed E-state index contributed by atoms with van der Waals surface area (Å²) in [6.07, 6.45) is 14.1. The second-order valence-electron chi connectivity index (χ2n) is 6.55. The molecule has 0 aromatic heterocycles. The Kier molecular flexibility index (Phi) is 21.0. The standard InChI is InChI=1S/C19H36O6S.Na/c1-3-5-6-7-8-9-10-11-12-15-18(25-26(21,22)23)16-13-17-24-19(20)14-4-2;/h4,14,18H,3,5-13,15-17H2,1-2H3,(H,21,22,23);/q;+1/p-1. The maximum atomic E-state index is 11.2. The van der Waals surface area contributed by atoms with Crippen molar-refractivity contribution in [2.45, 2.75) is 97.0 Å². The number of unbranched alkanes of at least 4 members (excludes halogenated alkanes) is 8. The van der Waals surface area contributed by atoms with E-state index in [2.05, 4.69) is 11.1 Å². The quantitative estimate of drug-likeness (QED) is 0.0897. The molecule has 0 aromatic carbocycles. The average molecular weight is 415 g/mol. The van der Waals surface area contributed by atoms with Crippen molar-refractivity contribution in [1.82, 2.24) is 0 Å². The normalized spacial score (nSPS) is 12.7. The van der Waals surface area contributed by atoms with Crippen molar-refractivity contribution in [2.75, 3.05) is 6.61 Å². The molecule has 0 rings (SSSR count). The van der Waals surface area contributed by atoms with Gasteiger partial charge in [-0.25, -0.2) is 13.2 Å². The molecule has 27 heavy (non-hydrogen) atoms. The van der Waals surface area contributed by atoms with Crippen LogP contribution in [0.3, 0.4) is 0 Å². The molecule has 0 aliphatic carbocycles. The molecule has 0 saturated carbocycles. The maximum absolute atomic E-state index is 11.2. The zero-order chi connectivity index (χ0) is 19.7. The zero-order valence-corrected chi connectivity index (χ0v) is 20.1. The summed E-state index contributed by atoms with van der Waals surface area (Å²) in [7, 11) is -4.71. The van der Waals surface area contributed by atoms with Gasteiger partial charge in [0, 0.05) is 6.08 Å². The third-order valence-corrected chi connectivity index (χ3v) is 4.61. The Labute approximate surface area is 187 Å². The van der Waals surface area contributed by atoms with Crippen LogP contribution in [-0.2, 0) is 24.1 Å². The number of esters is 1. The van der Waals surface area contributed by atoms with E-state index in [0.29, 0.717) is 19.3 Å². The fourth-order valence-electron chi connectivity index (χ4n) is 2.76. The molecule has 1 atom stereocenters. The Morgan fingerprint density at radius 2 is 1.48 bits per heavy atom. The summed E-state index contributed by atoms with van der Waals surface area (Å²) in [6.45, 7) is 4.10. The molecular weight excluding hydrogens is 379 g/mol. The summed E-state index contributed by atoms with van der Waals surface area (Å²) in [6, 6.07) is 0. The Morgan fingerprint density at radius 1 is 0.963 bits per heavy atom. The Morgan fingerprint density at radius 3 is 2.00 bits per heavy atom. The van der Waals surface area contributed by atoms with Crippen LogP contribution in [0.25, 0.3) is 0 Å². The van der Waals surface area contributed by atoms with Gasteiger partial charge in [-0.1, -0.05) is 70.8 Å². The summed E-state index contributed by atoms with van der Waals surface area (Å²) >= 11 is 0. The number of ether oxygens (including phenoxy) is 1. The second-order valence-corrected chi connectivity index (χ2v) is 7.56. The Hall–Kier alpha value is 0.0800. The minimum absolute atomic E-state index is 0. The van der Waals surface area contributed by atoms with Crippen LogP contribution >= 0.6 is 0 Å². The van der Waals surface area contributed by atoms with Crippen molar-refractivity contribution >= 4 is 16.4 Å². The molecule has 0 saturated heterocycles. The van der Waals surface area contributed by atoms with E-state index in [4.69, 9.17) is 4.74 Å². The van der Waals surface area contributed by atoms with Crippen LogP contribution in [0, 0.1) is 0 Å². The molecule has 0 fully saturated rings. The Balaban J connectivity index is 0. The SMILES string of the molecule is CC=CC(=O)OCCCC(CCCCCCCCCCC)OS(=O)(=O)[O-].[Na+]. The summed E-state index contributed by atoms with van der Waals surface area (Å²) in [5.41, 5.74) is 0. The topological polar surface area (TPSA) is 92.7 Å². The molecular formula is C19H35NaO6S. The van der Waals surface area contributed by atoms with Gasteiger partial charge in [0.25, 0.3) is 0 Å². The third kappa shape index (κ3) is 22.2. The van der Waals surface area contributed by atoms with Gasteiger partial charge in [-0.15, -0.1) is 0 Å². The van der Waals surface area contributed by atoms with E-state index >= 15 is 0 Å². The van der Waals surface area contributed by atoms with Gasteiger partial charge >= 0.3 is 35.5 Å². The van der Waals surface area contributed by atoms with Crippen LogP contribution in [0.4, 0.5) is 0 Å². The minimum atomic E-state index is -4.71. The second kappa shape index (κ2) is 19.4. The fourth-order valence-corrected chi connectivity index (χ4v) is 3.28. The average Bonchev–Trinajstić information content (AvgIpc) is 2.56. The van der Waals surface area contributed by atoms with Gasteiger partial charge in [-0.2, -0.15) is 0 Å². The van der Waals surface area contributed by atoms with E-state index in [-0.39, 0.29) is 36.2 Å². The largest absolute Gasteiger partial charge is 1.00 e. The van der Waals surface area contributed by atoms with Crippen molar-refractivity contribution in [3.63, 3.8) is 0 Å². The molecule has 6 nitrogen and oxygen atoms in total. The number of carbonyl (C=O) groups excluding carboxylic acids is 1. The van der Waals surface area contributed by atoms with E-state index < -0.39 is 22.5 Å². The first-order chi connectivity index (χ1) is 12.4. The van der Waals surface area contributed by atoms with Crippen molar-refractivity contribution in [3.05, 3.63) is 12.2 Å². The van der Waals surface area contributed by atoms with Crippen LogP contribution in [0.5, 0.6) is 0 Å². The smallest absolute Gasteiger partial charge is 0.726 e. The molecule has 0 radical (unpaired) electrons. The van der Waals surface area contributed by atoms with Crippen molar-refractivity contribution in [1.29, 1.82) is 0 Å². The molecule has 0 heterocycles. The fraction of sp³-hybridized carbons (Fsp3) is 0.842. The summed E-state index contributed by atoms with van der Waals surface area (Å²) in [4.78, 5) is 11.2. The molecule has 0 N–H and O–H groups in total. The van der Waals surface area contributed by atoms with Crippen LogP contribution in [0.1, 0.15) is 90.9 Å². The van der Waals surface area contributed by atoms with Gasteiger partial charge in [0.1, 0.15) is 0 Å². The molecule has 8 heteroatoms. The first-order valence-corrected chi connectivity index (χ1v) is 11.2. The monoisotopic (exact) mass is 414 g/mol. The van der Waals surface area contributed by atoms with Gasteiger partial charge in [0.2, 0.25) is 10.4 Å². The maximum Gasteiger partial charge on any atom is 1.00 e. The van der Waals surface area contributed by atoms with E-state index in [1.807, 2.05) is 0 Å². The molecule has 0 spiro atoms. The van der Waals surface area contributed by atoms with Gasteiger partial charge < -0.3 is 9.29 Å². The number of hydrogen-bond donors (Lipinski definition) is 0. The van der Waals surface area contributed by atoms with Crippen molar-refractivity contribution < 1.29 is 56.2 Å². The van der Waals surface area contributed by atoms with Crippen LogP contribution in [-0.4, -0.2) is 31.7 Å². The van der Waals surface area contributed by atoms with Gasteiger partial charge in [-0.3, -0.25) is 4.18 Å². The molecule has 0 bridgehead atoms. The van der Waals surface area contributed by atoms with Crippen molar-refractivity contribution in [2.24, 2.45) is 0 Å². The number of hydrogen-bond acceptors (Lipinski definition) is 6. The Bertz CT molecular complexity index is 479. The molecule has 0 aliphatic heterocycles. The molecule has 154 valence electrons. The van der Waals surface area contributed by atoms with E-state index in [0.717, 1.165) is 19.3 Å². The van der Waals surface area contributed by atoms with Crippen LogP contribution in [0.15, 0.2) is 12.2 Å². The minimum Gasteiger partial charge on any atom is -0.726 e. The van der Waals surface area contributed by atoms with E-state index in [1.54, 1.807) is 13.0 Å². The first kappa shape index (κ1) is 29.3. The molecule has 1 unspecified atom stereocenters. The van der Waals surface area contributed by atoms with Crippen molar-refractivity contribution in [3.8, 4) is 0 Å². The van der Waals surface area contributed by atoms with Gasteiger partial charge in [0.15, 0.2) is 0 Å². The van der Waals surface area contributed by atoms with E-state index in [9.17, 15) is 17.8 Å². The predicted molar refractivity (Wildman–Crippen MR) is 101 cm³/mol.